The second kappa shape index (κ2) is 11.4. The Kier molecular flexibility index (Phi) is 8.87. The van der Waals surface area contributed by atoms with Crippen molar-refractivity contribution in [1.82, 2.24) is 4.90 Å². The van der Waals surface area contributed by atoms with Crippen LogP contribution in [0.1, 0.15) is 51.3 Å². The second-order valence-corrected chi connectivity index (χ2v) is 10.6. The van der Waals surface area contributed by atoms with E-state index < -0.39 is 0 Å². The third kappa shape index (κ3) is 6.53. The summed E-state index contributed by atoms with van der Waals surface area (Å²) >= 11 is 3.70. The average Bonchev–Trinajstić information content (AvgIpc) is 3.01. The SMILES string of the molecule is CCOc1cc(/C=C2/SC(=NC(C)C)N(C(C)C)C2=O)cc(I)c1OCc1cccc(C)c1. The van der Waals surface area contributed by atoms with Crippen LogP contribution in [0.2, 0.25) is 0 Å². The zero-order valence-electron chi connectivity index (χ0n) is 20.0. The molecule has 0 N–H and O–H groups in total. The second-order valence-electron chi connectivity index (χ2n) is 8.43. The fourth-order valence-electron chi connectivity index (χ4n) is 3.44. The van der Waals surface area contributed by atoms with Gasteiger partial charge in [0.05, 0.1) is 15.1 Å². The van der Waals surface area contributed by atoms with Crippen LogP contribution in [-0.2, 0) is 11.4 Å². The number of thioether (sulfide) groups is 1. The van der Waals surface area contributed by atoms with Gasteiger partial charge in [0.25, 0.3) is 5.91 Å². The Morgan fingerprint density at radius 1 is 1.15 bits per heavy atom. The lowest BCUT2D eigenvalue weighted by Gasteiger charge is -2.20. The number of benzene rings is 2. The Morgan fingerprint density at radius 2 is 1.91 bits per heavy atom. The van der Waals surface area contributed by atoms with Crippen LogP contribution in [0.25, 0.3) is 6.08 Å². The summed E-state index contributed by atoms with van der Waals surface area (Å²) in [5.41, 5.74) is 3.21. The van der Waals surface area contributed by atoms with Crippen LogP contribution in [0, 0.1) is 10.5 Å². The first kappa shape index (κ1) is 25.6. The summed E-state index contributed by atoms with van der Waals surface area (Å²) in [4.78, 5) is 20.2. The molecule has 2 aromatic rings. The molecule has 0 unspecified atom stereocenters. The smallest absolute Gasteiger partial charge is 0.266 e. The maximum atomic E-state index is 13.1. The molecule has 0 aliphatic carbocycles. The van der Waals surface area contributed by atoms with Gasteiger partial charge in [-0.05, 0) is 105 Å². The van der Waals surface area contributed by atoms with Gasteiger partial charge in [-0.1, -0.05) is 29.8 Å². The Morgan fingerprint density at radius 3 is 2.55 bits per heavy atom. The number of nitrogens with zero attached hydrogens (tertiary/aromatic N) is 2. The number of ether oxygens (including phenoxy) is 2. The number of aliphatic imine (C=N–C) groups is 1. The van der Waals surface area contributed by atoms with Gasteiger partial charge in [-0.15, -0.1) is 0 Å². The van der Waals surface area contributed by atoms with Crippen LogP contribution in [0.15, 0.2) is 46.3 Å². The van der Waals surface area contributed by atoms with Crippen LogP contribution in [-0.4, -0.2) is 34.7 Å². The maximum absolute atomic E-state index is 13.1. The minimum Gasteiger partial charge on any atom is -0.490 e. The molecule has 1 saturated heterocycles. The molecule has 0 radical (unpaired) electrons. The van der Waals surface area contributed by atoms with Crippen LogP contribution < -0.4 is 9.47 Å². The summed E-state index contributed by atoms with van der Waals surface area (Å²) in [6, 6.07) is 12.4. The molecule has 7 heteroatoms. The summed E-state index contributed by atoms with van der Waals surface area (Å²) in [5, 5.41) is 0.758. The van der Waals surface area contributed by atoms with Crippen molar-refractivity contribution in [2.45, 2.75) is 60.2 Å². The van der Waals surface area contributed by atoms with Crippen LogP contribution in [0.4, 0.5) is 0 Å². The highest BCUT2D eigenvalue weighted by atomic mass is 127. The first-order valence-electron chi connectivity index (χ1n) is 11.1. The first-order valence-corrected chi connectivity index (χ1v) is 13.0. The third-order valence-electron chi connectivity index (χ3n) is 4.82. The number of halogens is 1. The van der Waals surface area contributed by atoms with Gasteiger partial charge in [0.15, 0.2) is 16.7 Å². The Hall–Kier alpha value is -2.00. The molecule has 5 nitrogen and oxygen atoms in total. The zero-order valence-corrected chi connectivity index (χ0v) is 23.0. The highest BCUT2D eigenvalue weighted by molar-refractivity contribution is 14.1. The van der Waals surface area contributed by atoms with E-state index in [1.165, 1.54) is 17.3 Å². The number of hydrogen-bond acceptors (Lipinski definition) is 5. The highest BCUT2D eigenvalue weighted by Gasteiger charge is 2.35. The number of amidine groups is 1. The molecular formula is C26H31IN2O3S. The average molecular weight is 579 g/mol. The minimum absolute atomic E-state index is 0.0119. The van der Waals surface area contributed by atoms with E-state index in [1.807, 2.05) is 58.9 Å². The number of carbonyl (C=O) groups excluding carboxylic acids is 1. The number of carbonyl (C=O) groups is 1. The summed E-state index contributed by atoms with van der Waals surface area (Å²) in [5.74, 6) is 1.38. The van der Waals surface area contributed by atoms with Gasteiger partial charge in [-0.25, -0.2) is 0 Å². The summed E-state index contributed by atoms with van der Waals surface area (Å²) < 4.78 is 13.0. The molecule has 2 aromatic carbocycles. The molecule has 1 aliphatic heterocycles. The van der Waals surface area contributed by atoms with E-state index in [4.69, 9.17) is 9.47 Å². The van der Waals surface area contributed by atoms with E-state index in [1.54, 1.807) is 4.90 Å². The van der Waals surface area contributed by atoms with E-state index in [-0.39, 0.29) is 18.0 Å². The van der Waals surface area contributed by atoms with Crippen LogP contribution in [0.3, 0.4) is 0 Å². The molecular weight excluding hydrogens is 547 g/mol. The van der Waals surface area contributed by atoms with Crippen LogP contribution in [0.5, 0.6) is 11.5 Å². The largest absolute Gasteiger partial charge is 0.490 e. The lowest BCUT2D eigenvalue weighted by molar-refractivity contribution is -0.123. The normalized spacial score (nSPS) is 16.5. The van der Waals surface area contributed by atoms with Gasteiger partial charge >= 0.3 is 0 Å². The number of hydrogen-bond donors (Lipinski definition) is 0. The van der Waals surface area contributed by atoms with Crippen molar-refractivity contribution in [2.75, 3.05) is 6.61 Å². The number of aryl methyl sites for hydroxylation is 1. The first-order chi connectivity index (χ1) is 15.7. The van der Waals surface area contributed by atoms with E-state index in [0.29, 0.717) is 23.9 Å². The highest BCUT2D eigenvalue weighted by Crippen LogP contribution is 2.38. The van der Waals surface area contributed by atoms with Crippen molar-refractivity contribution in [1.29, 1.82) is 0 Å². The quantitative estimate of drug-likeness (QED) is 0.260. The Balaban J connectivity index is 1.91. The molecule has 1 aliphatic rings. The van der Waals surface area contributed by atoms with Crippen molar-refractivity contribution in [3.63, 3.8) is 0 Å². The molecule has 0 aromatic heterocycles. The lowest BCUT2D eigenvalue weighted by atomic mass is 10.1. The maximum Gasteiger partial charge on any atom is 0.266 e. The molecule has 176 valence electrons. The molecule has 1 heterocycles. The molecule has 1 fully saturated rings. The van der Waals surface area contributed by atoms with Crippen molar-refractivity contribution in [3.8, 4) is 11.5 Å². The van der Waals surface area contributed by atoms with Crippen molar-refractivity contribution >= 4 is 51.5 Å². The van der Waals surface area contributed by atoms with Crippen LogP contribution >= 0.6 is 34.4 Å². The van der Waals surface area contributed by atoms with Gasteiger partial charge in [-0.2, -0.15) is 0 Å². The monoisotopic (exact) mass is 578 g/mol. The van der Waals surface area contributed by atoms with Crippen molar-refractivity contribution < 1.29 is 14.3 Å². The van der Waals surface area contributed by atoms with Crippen molar-refractivity contribution in [3.05, 3.63) is 61.6 Å². The summed E-state index contributed by atoms with van der Waals surface area (Å²) in [6.07, 6.45) is 1.92. The topological polar surface area (TPSA) is 51.1 Å². The standard InChI is InChI=1S/C26H31IN2O3S/c1-7-31-22-13-20(12-21(27)24(22)32-15-19-10-8-9-18(6)11-19)14-23-25(30)29(17(4)5)26(33-23)28-16(2)3/h8-14,16-17H,7,15H2,1-6H3/b23-14+,28-26?. The molecule has 0 bridgehead atoms. The Labute approximate surface area is 214 Å². The van der Waals surface area contributed by atoms with Gasteiger partial charge < -0.3 is 9.47 Å². The van der Waals surface area contributed by atoms with Gasteiger partial charge in [0, 0.05) is 12.1 Å². The lowest BCUT2D eigenvalue weighted by Crippen LogP contribution is -2.35. The minimum atomic E-state index is -0.0119. The molecule has 1 amide bonds. The molecule has 3 rings (SSSR count). The molecule has 33 heavy (non-hydrogen) atoms. The fourth-order valence-corrected chi connectivity index (χ4v) is 5.45. The van der Waals surface area contributed by atoms with Gasteiger partial charge in [0.1, 0.15) is 6.61 Å². The van der Waals surface area contributed by atoms with E-state index in [0.717, 1.165) is 25.6 Å². The van der Waals surface area contributed by atoms with Gasteiger partial charge in [0.2, 0.25) is 0 Å². The predicted molar refractivity (Wildman–Crippen MR) is 146 cm³/mol. The summed E-state index contributed by atoms with van der Waals surface area (Å²) in [7, 11) is 0. The molecule has 0 spiro atoms. The fraction of sp³-hybridized carbons (Fsp3) is 0.385. The summed E-state index contributed by atoms with van der Waals surface area (Å²) in [6.45, 7) is 13.1. The van der Waals surface area contributed by atoms with E-state index >= 15 is 0 Å². The number of amides is 1. The molecule has 0 saturated carbocycles. The molecule has 0 atom stereocenters. The van der Waals surface area contributed by atoms with Gasteiger partial charge in [-0.3, -0.25) is 14.7 Å². The third-order valence-corrected chi connectivity index (χ3v) is 6.62. The Bertz CT molecular complexity index is 1080. The predicted octanol–water partition coefficient (Wildman–Crippen LogP) is 6.67. The van der Waals surface area contributed by atoms with E-state index in [9.17, 15) is 4.79 Å². The van der Waals surface area contributed by atoms with Crippen molar-refractivity contribution in [2.24, 2.45) is 4.99 Å². The zero-order chi connectivity index (χ0) is 24.1. The van der Waals surface area contributed by atoms with E-state index in [2.05, 4.69) is 52.7 Å². The number of rotatable bonds is 8.